The summed E-state index contributed by atoms with van der Waals surface area (Å²) in [6.45, 7) is 4.74. The first-order valence-corrected chi connectivity index (χ1v) is 9.69. The molecular weight excluding hydrogens is 392 g/mol. The van der Waals surface area contributed by atoms with Gasteiger partial charge in [0.05, 0.1) is 23.3 Å². The lowest BCUT2D eigenvalue weighted by molar-refractivity contribution is -0.114. The molecule has 0 unspecified atom stereocenters. The van der Waals surface area contributed by atoms with Gasteiger partial charge in [-0.15, -0.1) is 0 Å². The molecule has 1 aliphatic rings. The van der Waals surface area contributed by atoms with Crippen molar-refractivity contribution in [3.05, 3.63) is 35.4 Å². The molecule has 0 radical (unpaired) electrons. The number of nitrogens with one attached hydrogen (secondary N) is 2. The highest BCUT2D eigenvalue weighted by molar-refractivity contribution is 6.32. The molecule has 0 bridgehead atoms. The number of amides is 1. The largest absolute Gasteiger partial charge is 0.495 e. The van der Waals surface area contributed by atoms with Gasteiger partial charge in [-0.1, -0.05) is 11.6 Å². The van der Waals surface area contributed by atoms with Crippen LogP contribution in [0.4, 0.5) is 11.8 Å². The maximum absolute atomic E-state index is 11.5. The summed E-state index contributed by atoms with van der Waals surface area (Å²) in [5, 5.41) is 6.53. The average molecular weight is 413 g/mol. The number of benzene rings is 1. The SMILES string of the molecule is COc1ccc(-c2ccc3nc(NC(C)=O)nc(N4CCNCC4)c3n2)cc1Cl. The highest BCUT2D eigenvalue weighted by Gasteiger charge is 2.19. The quantitative estimate of drug-likeness (QED) is 0.680. The van der Waals surface area contributed by atoms with Crippen LogP contribution in [0.1, 0.15) is 6.92 Å². The first-order chi connectivity index (χ1) is 14.0. The topological polar surface area (TPSA) is 92.3 Å². The smallest absolute Gasteiger partial charge is 0.232 e. The summed E-state index contributed by atoms with van der Waals surface area (Å²) in [7, 11) is 1.58. The third kappa shape index (κ3) is 4.08. The second-order valence-corrected chi connectivity index (χ2v) is 7.11. The summed E-state index contributed by atoms with van der Waals surface area (Å²) in [5.41, 5.74) is 2.98. The first kappa shape index (κ1) is 19.4. The number of ether oxygens (including phenoxy) is 1. The highest BCUT2D eigenvalue weighted by Crippen LogP contribution is 2.32. The fraction of sp³-hybridized carbons (Fsp3) is 0.300. The number of anilines is 2. The Hall–Kier alpha value is -2.97. The van der Waals surface area contributed by atoms with Crippen molar-refractivity contribution in [2.75, 3.05) is 43.5 Å². The summed E-state index contributed by atoms with van der Waals surface area (Å²) in [5.74, 6) is 1.39. The Kier molecular flexibility index (Phi) is 5.46. The van der Waals surface area contributed by atoms with Gasteiger partial charge in [0.15, 0.2) is 5.82 Å². The van der Waals surface area contributed by atoms with E-state index < -0.39 is 0 Å². The van der Waals surface area contributed by atoms with Crippen LogP contribution in [0.15, 0.2) is 30.3 Å². The van der Waals surface area contributed by atoms with E-state index >= 15 is 0 Å². The molecule has 1 aromatic carbocycles. The molecule has 0 spiro atoms. The number of hydrogen-bond acceptors (Lipinski definition) is 7. The van der Waals surface area contributed by atoms with Gasteiger partial charge < -0.3 is 15.0 Å². The minimum atomic E-state index is -0.215. The molecule has 2 N–H and O–H groups in total. The van der Waals surface area contributed by atoms with Crippen LogP contribution in [0.2, 0.25) is 5.02 Å². The van der Waals surface area contributed by atoms with E-state index in [0.717, 1.165) is 37.4 Å². The second kappa shape index (κ2) is 8.18. The fourth-order valence-corrected chi connectivity index (χ4v) is 3.55. The second-order valence-electron chi connectivity index (χ2n) is 6.70. The molecule has 1 aliphatic heterocycles. The third-order valence-electron chi connectivity index (χ3n) is 4.68. The molecule has 150 valence electrons. The molecule has 2 aromatic heterocycles. The van der Waals surface area contributed by atoms with Crippen LogP contribution >= 0.6 is 11.6 Å². The molecule has 0 atom stereocenters. The lowest BCUT2D eigenvalue weighted by Crippen LogP contribution is -2.44. The van der Waals surface area contributed by atoms with E-state index in [0.29, 0.717) is 27.6 Å². The average Bonchev–Trinajstić information content (AvgIpc) is 2.73. The number of pyridine rings is 1. The molecule has 0 saturated carbocycles. The van der Waals surface area contributed by atoms with Gasteiger partial charge in [-0.25, -0.2) is 9.97 Å². The molecule has 1 amide bonds. The van der Waals surface area contributed by atoms with Crippen LogP contribution in [-0.4, -0.2) is 54.1 Å². The number of piperazine rings is 1. The molecule has 1 saturated heterocycles. The van der Waals surface area contributed by atoms with Crippen molar-refractivity contribution in [2.45, 2.75) is 6.92 Å². The van der Waals surface area contributed by atoms with E-state index in [9.17, 15) is 4.79 Å². The molecule has 8 nitrogen and oxygen atoms in total. The van der Waals surface area contributed by atoms with E-state index in [1.165, 1.54) is 6.92 Å². The van der Waals surface area contributed by atoms with Crippen LogP contribution in [-0.2, 0) is 4.79 Å². The summed E-state index contributed by atoms with van der Waals surface area (Å²) in [6, 6.07) is 9.32. The van der Waals surface area contributed by atoms with Gasteiger partial charge in [0.1, 0.15) is 11.3 Å². The van der Waals surface area contributed by atoms with Gasteiger partial charge in [0, 0.05) is 38.7 Å². The summed E-state index contributed by atoms with van der Waals surface area (Å²) < 4.78 is 5.23. The number of methoxy groups -OCH3 is 1. The summed E-state index contributed by atoms with van der Waals surface area (Å²) in [4.78, 5) is 27.5. The molecule has 1 fully saturated rings. The van der Waals surface area contributed by atoms with Crippen LogP contribution in [0.5, 0.6) is 5.75 Å². The van der Waals surface area contributed by atoms with Crippen molar-refractivity contribution in [3.8, 4) is 17.0 Å². The monoisotopic (exact) mass is 412 g/mol. The molecule has 4 rings (SSSR count). The Labute approximate surface area is 173 Å². The van der Waals surface area contributed by atoms with Gasteiger partial charge in [-0.3, -0.25) is 10.1 Å². The van der Waals surface area contributed by atoms with Crippen molar-refractivity contribution in [1.29, 1.82) is 0 Å². The van der Waals surface area contributed by atoms with E-state index in [2.05, 4.69) is 25.5 Å². The van der Waals surface area contributed by atoms with Gasteiger partial charge in [-0.2, -0.15) is 4.98 Å². The molecule has 3 aromatic rings. The number of hydrogen-bond donors (Lipinski definition) is 2. The maximum Gasteiger partial charge on any atom is 0.232 e. The Morgan fingerprint density at radius 2 is 1.97 bits per heavy atom. The zero-order valence-electron chi connectivity index (χ0n) is 16.2. The van der Waals surface area contributed by atoms with E-state index in [4.69, 9.17) is 21.3 Å². The van der Waals surface area contributed by atoms with Gasteiger partial charge in [0.25, 0.3) is 0 Å². The van der Waals surface area contributed by atoms with Gasteiger partial charge >= 0.3 is 0 Å². The number of carbonyl (C=O) groups excluding carboxylic acids is 1. The third-order valence-corrected chi connectivity index (χ3v) is 4.97. The summed E-state index contributed by atoms with van der Waals surface area (Å²) >= 11 is 6.29. The highest BCUT2D eigenvalue weighted by atomic mass is 35.5. The fourth-order valence-electron chi connectivity index (χ4n) is 3.30. The Bertz CT molecular complexity index is 1070. The Morgan fingerprint density at radius 3 is 2.66 bits per heavy atom. The minimum Gasteiger partial charge on any atom is -0.495 e. The summed E-state index contributed by atoms with van der Waals surface area (Å²) in [6.07, 6.45) is 0. The van der Waals surface area contributed by atoms with Gasteiger partial charge in [-0.05, 0) is 30.3 Å². The van der Waals surface area contributed by atoms with Crippen molar-refractivity contribution >= 4 is 40.3 Å². The molecule has 0 aliphatic carbocycles. The van der Waals surface area contributed by atoms with Crippen molar-refractivity contribution < 1.29 is 9.53 Å². The van der Waals surface area contributed by atoms with Gasteiger partial charge in [0.2, 0.25) is 11.9 Å². The Balaban J connectivity index is 1.83. The standard InChI is InChI=1S/C20H21ClN6O2/c1-12(28)23-20-25-16-5-4-15(13-3-6-17(29-2)14(21)11-13)24-18(16)19(26-20)27-9-7-22-8-10-27/h3-6,11,22H,7-10H2,1-2H3,(H,23,25,26,28). The molecule has 29 heavy (non-hydrogen) atoms. The van der Waals surface area contributed by atoms with Crippen molar-refractivity contribution in [2.24, 2.45) is 0 Å². The molecule has 9 heteroatoms. The van der Waals surface area contributed by atoms with E-state index in [1.54, 1.807) is 7.11 Å². The maximum atomic E-state index is 11.5. The number of nitrogens with zero attached hydrogens (tertiary/aromatic N) is 4. The predicted octanol–water partition coefficient (Wildman–Crippen LogP) is 2.72. The van der Waals surface area contributed by atoms with Crippen LogP contribution in [0.3, 0.4) is 0 Å². The number of carbonyl (C=O) groups is 1. The zero-order chi connectivity index (χ0) is 20.4. The Morgan fingerprint density at radius 1 is 1.17 bits per heavy atom. The molecule has 3 heterocycles. The lowest BCUT2D eigenvalue weighted by Gasteiger charge is -2.29. The number of aromatic nitrogens is 3. The predicted molar refractivity (Wildman–Crippen MR) is 114 cm³/mol. The van der Waals surface area contributed by atoms with Crippen LogP contribution < -0.4 is 20.3 Å². The first-order valence-electron chi connectivity index (χ1n) is 9.31. The van der Waals surface area contributed by atoms with Crippen LogP contribution in [0, 0.1) is 0 Å². The van der Waals surface area contributed by atoms with Crippen molar-refractivity contribution in [3.63, 3.8) is 0 Å². The zero-order valence-corrected chi connectivity index (χ0v) is 17.0. The molecular formula is C20H21ClN6O2. The van der Waals surface area contributed by atoms with E-state index in [1.807, 2.05) is 30.3 Å². The normalized spacial score (nSPS) is 14.1. The van der Waals surface area contributed by atoms with Crippen LogP contribution in [0.25, 0.3) is 22.3 Å². The van der Waals surface area contributed by atoms with Crippen molar-refractivity contribution in [1.82, 2.24) is 20.3 Å². The minimum absolute atomic E-state index is 0.215. The number of fused-ring (bicyclic) bond motifs is 1. The number of rotatable bonds is 4. The lowest BCUT2D eigenvalue weighted by atomic mass is 10.1. The van der Waals surface area contributed by atoms with E-state index in [-0.39, 0.29) is 11.9 Å². The number of halogens is 1.